The third-order valence-corrected chi connectivity index (χ3v) is 4.11. The van der Waals surface area contributed by atoms with E-state index in [2.05, 4.69) is 6.92 Å². The summed E-state index contributed by atoms with van der Waals surface area (Å²) in [5, 5.41) is 13.9. The van der Waals surface area contributed by atoms with Crippen molar-refractivity contribution in [2.45, 2.75) is 70.5 Å². The average Bonchev–Trinajstić information content (AvgIpc) is 2.47. The van der Waals surface area contributed by atoms with E-state index in [-0.39, 0.29) is 29.6 Å². The molecule has 1 atom stereocenters. The molecule has 144 valence electrons. The van der Waals surface area contributed by atoms with Crippen molar-refractivity contribution in [2.24, 2.45) is 0 Å². The summed E-state index contributed by atoms with van der Waals surface area (Å²) in [5.41, 5.74) is 0. The number of hydrogen-bond donors (Lipinski definition) is 3. The molecule has 0 aromatic heterocycles. The number of carbonyl (C=O) groups is 2. The first kappa shape index (κ1) is 29.6. The van der Waals surface area contributed by atoms with Gasteiger partial charge in [0.05, 0.1) is 6.42 Å². The molecule has 0 aromatic rings. The molecule has 0 heterocycles. The Bertz CT molecular complexity index is 429. The fraction of sp³-hybridized carbons (Fsp3) is 0.800. The van der Waals surface area contributed by atoms with Crippen LogP contribution in [0.4, 0.5) is 0 Å². The molecule has 8 nitrogen and oxygen atoms in total. The van der Waals surface area contributed by atoms with Crippen LogP contribution in [0.25, 0.3) is 0 Å². The van der Waals surface area contributed by atoms with Crippen molar-refractivity contribution >= 4 is 22.1 Å². The molecule has 0 rings (SSSR count). The van der Waals surface area contributed by atoms with E-state index >= 15 is 0 Å². The normalized spacial score (nSPS) is 11.6. The third-order valence-electron chi connectivity index (χ3n) is 3.03. The summed E-state index contributed by atoms with van der Waals surface area (Å²) in [6.07, 6.45) is 8.34. The van der Waals surface area contributed by atoms with Crippen molar-refractivity contribution in [1.82, 2.24) is 0 Å². The van der Waals surface area contributed by atoms with Crippen LogP contribution in [-0.4, -0.2) is 47.0 Å². The number of aliphatic carboxylic acids is 2. The van der Waals surface area contributed by atoms with E-state index in [0.29, 0.717) is 0 Å². The molecule has 0 aliphatic rings. The van der Waals surface area contributed by atoms with Gasteiger partial charge in [-0.3, -0.25) is 14.1 Å². The van der Waals surface area contributed by atoms with Gasteiger partial charge in [0.2, 0.25) is 0 Å². The van der Waals surface area contributed by atoms with Gasteiger partial charge in [-0.05, 0) is 6.42 Å². The molecule has 25 heavy (non-hydrogen) atoms. The first-order chi connectivity index (χ1) is 11.2. The quantitative estimate of drug-likeness (QED) is 0.169. The molecule has 0 aromatic carbocycles. The summed E-state index contributed by atoms with van der Waals surface area (Å²) in [6, 6.07) is 0. The van der Waals surface area contributed by atoms with E-state index < -0.39 is 33.7 Å². The van der Waals surface area contributed by atoms with Gasteiger partial charge < -0.3 is 14.9 Å². The second-order valence-corrected chi connectivity index (χ2v) is 6.77. The van der Waals surface area contributed by atoms with E-state index in [1.54, 1.807) is 6.61 Å². The topological polar surface area (TPSA) is 138 Å². The maximum atomic E-state index is 10.2. The molecule has 3 N–H and O–H groups in total. The number of carboxylic acid groups (broad SMARTS) is 2. The van der Waals surface area contributed by atoms with Crippen LogP contribution in [0.2, 0.25) is 0 Å². The maximum Gasteiger partial charge on any atom is 1.00 e. The van der Waals surface area contributed by atoms with Crippen molar-refractivity contribution in [3.63, 3.8) is 0 Å². The fourth-order valence-electron chi connectivity index (χ4n) is 1.74. The Labute approximate surface area is 172 Å². The van der Waals surface area contributed by atoms with Crippen LogP contribution in [0, 0.1) is 6.61 Å². The molecule has 0 saturated carbocycles. The Morgan fingerprint density at radius 2 is 1.52 bits per heavy atom. The van der Waals surface area contributed by atoms with Crippen LogP contribution in [0.15, 0.2) is 0 Å². The molecule has 0 aliphatic heterocycles. The van der Waals surface area contributed by atoms with Crippen LogP contribution < -0.4 is 29.6 Å². The maximum absolute atomic E-state index is 10.2. The summed E-state index contributed by atoms with van der Waals surface area (Å²) in [5.74, 6) is -3.50. The van der Waals surface area contributed by atoms with Gasteiger partial charge in [-0.2, -0.15) is 15.3 Å². The summed E-state index contributed by atoms with van der Waals surface area (Å²) in [7, 11) is -4.84. The summed E-state index contributed by atoms with van der Waals surface area (Å²) < 4.78 is 33.8. The standard InChI is InChI=1S/C11H23O.C4H6O7S.Na/c1-3-5-6-7-8-9-10-11-12-4-2;5-3(6)1-2(4(7)8)12(9,10)11;/h4H,3,5-11H2,1-2H3;2H,1H2,(H,5,6)(H,7,8)(H,9,10,11);/q-1;;+1. The Hall–Kier alpha value is -0.190. The molecule has 0 aliphatic carbocycles. The summed E-state index contributed by atoms with van der Waals surface area (Å²) >= 11 is 0. The van der Waals surface area contributed by atoms with Gasteiger partial charge in [0, 0.05) is 6.61 Å². The zero-order valence-electron chi connectivity index (χ0n) is 15.3. The van der Waals surface area contributed by atoms with Crippen LogP contribution in [0.1, 0.15) is 65.2 Å². The zero-order valence-corrected chi connectivity index (χ0v) is 18.1. The average molecular weight is 392 g/mol. The Morgan fingerprint density at radius 1 is 1.04 bits per heavy atom. The molecule has 0 bridgehead atoms. The second-order valence-electron chi connectivity index (χ2n) is 5.17. The summed E-state index contributed by atoms with van der Waals surface area (Å²) in [4.78, 5) is 20.0. The smallest absolute Gasteiger partial charge is 0.552 e. The zero-order chi connectivity index (χ0) is 19.0. The van der Waals surface area contributed by atoms with Crippen molar-refractivity contribution in [2.75, 3.05) is 6.61 Å². The van der Waals surface area contributed by atoms with Crippen LogP contribution in [0.5, 0.6) is 0 Å². The molecular weight excluding hydrogens is 363 g/mol. The monoisotopic (exact) mass is 392 g/mol. The SMILES string of the molecule is C[CH-]OCCCCCCCCC.O=C(O)CC(C(=O)O)S(=O)(=O)O.[Na+]. The van der Waals surface area contributed by atoms with E-state index in [4.69, 9.17) is 19.5 Å². The van der Waals surface area contributed by atoms with Crippen LogP contribution >= 0.6 is 0 Å². The van der Waals surface area contributed by atoms with Crippen LogP contribution in [-0.2, 0) is 24.4 Å². The predicted octanol–water partition coefficient (Wildman–Crippen LogP) is -0.259. The van der Waals surface area contributed by atoms with Crippen molar-refractivity contribution < 1.29 is 67.1 Å². The fourth-order valence-corrected chi connectivity index (χ4v) is 2.35. The predicted molar refractivity (Wildman–Crippen MR) is 89.1 cm³/mol. The molecule has 0 amide bonds. The van der Waals surface area contributed by atoms with Gasteiger partial charge >= 0.3 is 41.5 Å². The minimum Gasteiger partial charge on any atom is -0.552 e. The van der Waals surface area contributed by atoms with E-state index in [1.165, 1.54) is 44.9 Å². The number of hydrogen-bond acceptors (Lipinski definition) is 5. The van der Waals surface area contributed by atoms with Gasteiger partial charge in [0.1, 0.15) is 0 Å². The largest absolute Gasteiger partial charge is 1.00 e. The number of ether oxygens (including phenoxy) is 1. The van der Waals surface area contributed by atoms with Gasteiger partial charge in [0.15, 0.2) is 5.25 Å². The number of rotatable bonds is 13. The Morgan fingerprint density at radius 3 is 1.84 bits per heavy atom. The van der Waals surface area contributed by atoms with Gasteiger partial charge in [0.25, 0.3) is 10.1 Å². The van der Waals surface area contributed by atoms with Gasteiger partial charge in [-0.25, -0.2) is 6.61 Å². The van der Waals surface area contributed by atoms with E-state index in [1.807, 2.05) is 6.92 Å². The third kappa shape index (κ3) is 21.8. The molecule has 10 heteroatoms. The van der Waals surface area contributed by atoms with E-state index in [9.17, 15) is 18.0 Å². The van der Waals surface area contributed by atoms with E-state index in [0.717, 1.165) is 6.61 Å². The van der Waals surface area contributed by atoms with Crippen molar-refractivity contribution in [3.8, 4) is 0 Å². The first-order valence-electron chi connectivity index (χ1n) is 7.97. The van der Waals surface area contributed by atoms with Crippen molar-refractivity contribution in [3.05, 3.63) is 6.61 Å². The number of unbranched alkanes of at least 4 members (excludes halogenated alkanes) is 6. The van der Waals surface area contributed by atoms with Crippen LogP contribution in [0.3, 0.4) is 0 Å². The first-order valence-corrected chi connectivity index (χ1v) is 9.47. The minimum atomic E-state index is -4.84. The molecule has 1 unspecified atom stereocenters. The number of carboxylic acids is 2. The van der Waals surface area contributed by atoms with Crippen molar-refractivity contribution in [1.29, 1.82) is 0 Å². The minimum absolute atomic E-state index is 0. The molecular formula is C15H29NaO8S. The molecule has 0 radical (unpaired) electrons. The second kappa shape index (κ2) is 18.6. The summed E-state index contributed by atoms with van der Waals surface area (Å²) in [6.45, 7) is 6.87. The van der Waals surface area contributed by atoms with Gasteiger partial charge in [-0.15, -0.1) is 0 Å². The molecule has 0 saturated heterocycles. The Balaban J connectivity index is -0.000000372. The molecule has 0 fully saturated rings. The Kier molecular flexibility index (Phi) is 22.0. The van der Waals surface area contributed by atoms with Gasteiger partial charge in [-0.1, -0.05) is 45.4 Å². The molecule has 0 spiro atoms.